The first-order valence-electron chi connectivity index (χ1n) is 13.5. The van der Waals surface area contributed by atoms with E-state index in [0.717, 1.165) is 57.5 Å². The molecule has 37 heavy (non-hydrogen) atoms. The number of rotatable bonds is 11. The SMILES string of the molecule is C#CN(/C=C\C)CCC1CC(c2ccc3c(c2)CCO3)CN1CC=O.CCCCN(C)c1cccnc1. The van der Waals surface area contributed by atoms with Gasteiger partial charge in [-0.2, -0.15) is 0 Å². The van der Waals surface area contributed by atoms with E-state index in [1.54, 1.807) is 6.20 Å². The Labute approximate surface area is 223 Å². The Morgan fingerprint density at radius 1 is 1.30 bits per heavy atom. The fourth-order valence-electron chi connectivity index (χ4n) is 5.06. The standard InChI is InChI=1S/C21H26N2O2.C10H16N2/c1-3-9-22(4-2)10-7-20-15-19(16-23(20)11-12-24)17-5-6-21-18(14-17)8-13-25-21;1-3-4-8-12(2)10-6-5-7-11-9-10/h2-3,5-6,9,12,14,19-20H,7-8,10-11,13,15-16H2,1H3;5-7,9H,3-4,8H2,1-2H3/b9-3-;. The van der Waals surface area contributed by atoms with Crippen LogP contribution in [0, 0.1) is 12.5 Å². The molecular weight excluding hydrogens is 460 g/mol. The van der Waals surface area contributed by atoms with E-state index in [1.807, 2.05) is 36.4 Å². The summed E-state index contributed by atoms with van der Waals surface area (Å²) in [6.45, 7) is 8.31. The molecule has 2 atom stereocenters. The van der Waals surface area contributed by atoms with Gasteiger partial charge in [0, 0.05) is 57.6 Å². The smallest absolute Gasteiger partial charge is 0.133 e. The van der Waals surface area contributed by atoms with Crippen LogP contribution in [-0.4, -0.2) is 66.9 Å². The van der Waals surface area contributed by atoms with E-state index in [-0.39, 0.29) is 0 Å². The summed E-state index contributed by atoms with van der Waals surface area (Å²) in [5.74, 6) is 1.50. The van der Waals surface area contributed by atoms with Gasteiger partial charge < -0.3 is 19.3 Å². The maximum absolute atomic E-state index is 11.1. The zero-order chi connectivity index (χ0) is 26.5. The molecule has 1 aromatic carbocycles. The predicted molar refractivity (Wildman–Crippen MR) is 152 cm³/mol. The lowest BCUT2D eigenvalue weighted by Crippen LogP contribution is -2.33. The summed E-state index contributed by atoms with van der Waals surface area (Å²) in [4.78, 5) is 21.6. The van der Waals surface area contributed by atoms with Gasteiger partial charge in [-0.1, -0.05) is 38.0 Å². The largest absolute Gasteiger partial charge is 0.493 e. The minimum absolute atomic E-state index is 0.390. The van der Waals surface area contributed by atoms with Gasteiger partial charge in [-0.15, -0.1) is 0 Å². The highest BCUT2D eigenvalue weighted by molar-refractivity contribution is 5.52. The number of allylic oxidation sites excluding steroid dienone is 1. The number of unbranched alkanes of at least 4 members (excludes halogenated alkanes) is 1. The van der Waals surface area contributed by atoms with Crippen LogP contribution in [0.15, 0.2) is 55.0 Å². The van der Waals surface area contributed by atoms with Crippen LogP contribution < -0.4 is 9.64 Å². The topological polar surface area (TPSA) is 48.9 Å². The lowest BCUT2D eigenvalue weighted by Gasteiger charge is -2.23. The van der Waals surface area contributed by atoms with Crippen molar-refractivity contribution in [2.24, 2.45) is 0 Å². The van der Waals surface area contributed by atoms with Gasteiger partial charge in [0.1, 0.15) is 12.0 Å². The van der Waals surface area contributed by atoms with E-state index in [0.29, 0.717) is 18.5 Å². The van der Waals surface area contributed by atoms with Crippen molar-refractivity contribution in [3.63, 3.8) is 0 Å². The van der Waals surface area contributed by atoms with Gasteiger partial charge in [0.05, 0.1) is 25.0 Å². The van der Waals surface area contributed by atoms with Gasteiger partial charge in [-0.25, -0.2) is 0 Å². The highest BCUT2D eigenvalue weighted by Gasteiger charge is 2.33. The molecule has 0 spiro atoms. The predicted octanol–water partition coefficient (Wildman–Crippen LogP) is 5.11. The van der Waals surface area contributed by atoms with Gasteiger partial charge in [0.2, 0.25) is 0 Å². The Kier molecular flexibility index (Phi) is 11.5. The number of carbonyl (C=O) groups is 1. The van der Waals surface area contributed by atoms with Crippen LogP contribution in [0.1, 0.15) is 56.6 Å². The summed E-state index contributed by atoms with van der Waals surface area (Å²) < 4.78 is 5.61. The molecule has 4 rings (SSSR count). The van der Waals surface area contributed by atoms with Crippen LogP contribution in [0.5, 0.6) is 5.75 Å². The zero-order valence-electron chi connectivity index (χ0n) is 22.7. The van der Waals surface area contributed by atoms with E-state index < -0.39 is 0 Å². The number of nitrogens with zero attached hydrogens (tertiary/aromatic N) is 4. The number of hydrogen-bond acceptors (Lipinski definition) is 6. The van der Waals surface area contributed by atoms with Crippen molar-refractivity contribution in [2.45, 2.75) is 57.9 Å². The maximum Gasteiger partial charge on any atom is 0.133 e. The Balaban J connectivity index is 0.000000266. The van der Waals surface area contributed by atoms with Crippen LogP contribution in [0.4, 0.5) is 5.69 Å². The van der Waals surface area contributed by atoms with Crippen molar-refractivity contribution in [1.29, 1.82) is 0 Å². The van der Waals surface area contributed by atoms with Crippen molar-refractivity contribution in [2.75, 3.05) is 44.7 Å². The van der Waals surface area contributed by atoms with Crippen molar-refractivity contribution in [3.8, 4) is 18.2 Å². The summed E-state index contributed by atoms with van der Waals surface area (Å²) in [5, 5.41) is 0. The van der Waals surface area contributed by atoms with E-state index in [2.05, 4.69) is 59.1 Å². The molecule has 0 saturated carbocycles. The third-order valence-electron chi connectivity index (χ3n) is 7.15. The molecule has 6 nitrogen and oxygen atoms in total. The zero-order valence-corrected chi connectivity index (χ0v) is 22.7. The number of carbonyl (C=O) groups excluding carboxylic acids is 1. The number of fused-ring (bicyclic) bond motifs is 1. The van der Waals surface area contributed by atoms with E-state index >= 15 is 0 Å². The summed E-state index contributed by atoms with van der Waals surface area (Å²) in [6.07, 6.45) is 19.7. The van der Waals surface area contributed by atoms with Crippen molar-refractivity contribution >= 4 is 12.0 Å². The van der Waals surface area contributed by atoms with Crippen LogP contribution >= 0.6 is 0 Å². The molecule has 0 amide bonds. The van der Waals surface area contributed by atoms with E-state index in [4.69, 9.17) is 11.2 Å². The summed E-state index contributed by atoms with van der Waals surface area (Å²) >= 11 is 0. The number of anilines is 1. The van der Waals surface area contributed by atoms with Crippen LogP contribution in [0.2, 0.25) is 0 Å². The molecule has 1 saturated heterocycles. The molecule has 2 unspecified atom stereocenters. The maximum atomic E-state index is 11.1. The summed E-state index contributed by atoms with van der Waals surface area (Å²) in [6, 6.07) is 13.7. The van der Waals surface area contributed by atoms with Gasteiger partial charge in [0.15, 0.2) is 0 Å². The molecule has 0 bridgehead atoms. The second-order valence-corrected chi connectivity index (χ2v) is 9.75. The lowest BCUT2D eigenvalue weighted by molar-refractivity contribution is -0.109. The Hall–Kier alpha value is -3.30. The van der Waals surface area contributed by atoms with Crippen LogP contribution in [-0.2, 0) is 11.2 Å². The molecule has 0 radical (unpaired) electrons. The normalized spacial score (nSPS) is 18.4. The number of terminal acetylenes is 1. The second kappa shape index (κ2) is 15.1. The molecule has 0 N–H and O–H groups in total. The Morgan fingerprint density at radius 3 is 2.86 bits per heavy atom. The molecule has 2 aliphatic rings. The lowest BCUT2D eigenvalue weighted by atomic mass is 9.93. The first-order chi connectivity index (χ1) is 18.1. The Morgan fingerprint density at radius 2 is 2.16 bits per heavy atom. The number of aldehydes is 1. The highest BCUT2D eigenvalue weighted by Crippen LogP contribution is 2.36. The first-order valence-corrected chi connectivity index (χ1v) is 13.5. The molecule has 198 valence electrons. The number of benzene rings is 1. The monoisotopic (exact) mass is 502 g/mol. The van der Waals surface area contributed by atoms with Gasteiger partial charge >= 0.3 is 0 Å². The quantitative estimate of drug-likeness (QED) is 0.242. The number of aromatic nitrogens is 1. The molecule has 1 fully saturated rings. The molecule has 6 heteroatoms. The van der Waals surface area contributed by atoms with Crippen molar-refractivity contribution in [3.05, 3.63) is 66.1 Å². The number of pyridine rings is 1. The first kappa shape index (κ1) is 28.3. The molecule has 1 aromatic heterocycles. The highest BCUT2D eigenvalue weighted by atomic mass is 16.5. The van der Waals surface area contributed by atoms with Crippen LogP contribution in [0.3, 0.4) is 0 Å². The summed E-state index contributed by atoms with van der Waals surface area (Å²) in [5.41, 5.74) is 3.88. The van der Waals surface area contributed by atoms with Crippen molar-refractivity contribution < 1.29 is 9.53 Å². The minimum Gasteiger partial charge on any atom is -0.493 e. The molecule has 0 aliphatic carbocycles. The van der Waals surface area contributed by atoms with Gasteiger partial charge in [0.25, 0.3) is 0 Å². The van der Waals surface area contributed by atoms with Gasteiger partial charge in [-0.3, -0.25) is 9.88 Å². The average Bonchev–Trinajstić information content (AvgIpc) is 3.57. The van der Waals surface area contributed by atoms with E-state index in [9.17, 15) is 4.79 Å². The molecule has 3 heterocycles. The molecular formula is C31H42N4O2. The second-order valence-electron chi connectivity index (χ2n) is 9.75. The fraction of sp³-hybridized carbons (Fsp3) is 0.484. The minimum atomic E-state index is 0.390. The number of hydrogen-bond donors (Lipinski definition) is 0. The van der Waals surface area contributed by atoms with Gasteiger partial charge in [-0.05, 0) is 61.4 Å². The summed E-state index contributed by atoms with van der Waals surface area (Å²) in [7, 11) is 2.10. The van der Waals surface area contributed by atoms with E-state index in [1.165, 1.54) is 29.7 Å². The third kappa shape index (κ3) is 8.36. The number of ether oxygens (including phenoxy) is 1. The van der Waals surface area contributed by atoms with Crippen LogP contribution in [0.25, 0.3) is 0 Å². The number of likely N-dealkylation sites (tertiary alicyclic amines) is 1. The fourth-order valence-corrected chi connectivity index (χ4v) is 5.06. The Bertz CT molecular complexity index is 1030. The third-order valence-corrected chi connectivity index (χ3v) is 7.15. The molecule has 2 aromatic rings. The van der Waals surface area contributed by atoms with Crippen molar-refractivity contribution in [1.82, 2.24) is 14.8 Å². The molecule has 2 aliphatic heterocycles. The average molecular weight is 503 g/mol.